The molecular formula is C14H17NO4. The Morgan fingerprint density at radius 2 is 2.21 bits per heavy atom. The van der Waals surface area contributed by atoms with Crippen LogP contribution in [-0.4, -0.2) is 36.7 Å². The average Bonchev–Trinajstić information content (AvgIpc) is 2.85. The summed E-state index contributed by atoms with van der Waals surface area (Å²) in [7, 11) is 1.64. The third kappa shape index (κ3) is 3.98. The summed E-state index contributed by atoms with van der Waals surface area (Å²) in [5.41, 5.74) is 1.16. The highest BCUT2D eigenvalue weighted by molar-refractivity contribution is 5.81. The molecule has 0 spiro atoms. The van der Waals surface area contributed by atoms with Crippen LogP contribution >= 0.6 is 0 Å². The van der Waals surface area contributed by atoms with E-state index in [4.69, 9.17) is 14.6 Å². The number of hydrogen-bond donors (Lipinski definition) is 1. The molecule has 1 aliphatic heterocycles. The molecule has 0 saturated carbocycles. The molecule has 0 saturated heterocycles. The Morgan fingerprint density at radius 3 is 2.84 bits per heavy atom. The van der Waals surface area contributed by atoms with Crippen molar-refractivity contribution in [2.24, 2.45) is 4.99 Å². The van der Waals surface area contributed by atoms with E-state index in [0.717, 1.165) is 17.7 Å². The fraction of sp³-hybridized carbons (Fsp3) is 0.429. The van der Waals surface area contributed by atoms with E-state index in [2.05, 4.69) is 4.99 Å². The van der Waals surface area contributed by atoms with Gasteiger partial charge in [0, 0.05) is 6.42 Å². The minimum Gasteiger partial charge on any atom is -0.497 e. The first-order valence-corrected chi connectivity index (χ1v) is 6.21. The molecule has 5 heteroatoms. The zero-order valence-corrected chi connectivity index (χ0v) is 10.8. The van der Waals surface area contributed by atoms with Gasteiger partial charge in [0.15, 0.2) is 5.90 Å². The van der Waals surface area contributed by atoms with Crippen molar-refractivity contribution in [3.63, 3.8) is 0 Å². The topological polar surface area (TPSA) is 68.1 Å². The summed E-state index contributed by atoms with van der Waals surface area (Å²) in [5, 5.41) is 8.60. The molecule has 19 heavy (non-hydrogen) atoms. The van der Waals surface area contributed by atoms with Gasteiger partial charge in [0.1, 0.15) is 12.4 Å². The van der Waals surface area contributed by atoms with Gasteiger partial charge in [-0.05, 0) is 24.1 Å². The van der Waals surface area contributed by atoms with Crippen LogP contribution in [0, 0.1) is 0 Å². The van der Waals surface area contributed by atoms with Crippen molar-refractivity contribution in [1.29, 1.82) is 0 Å². The molecule has 1 aromatic carbocycles. The van der Waals surface area contributed by atoms with Crippen molar-refractivity contribution in [2.75, 3.05) is 13.7 Å². The van der Waals surface area contributed by atoms with E-state index in [1.165, 1.54) is 0 Å². The molecule has 0 bridgehead atoms. The summed E-state index contributed by atoms with van der Waals surface area (Å²) < 4.78 is 10.5. The van der Waals surface area contributed by atoms with Crippen LogP contribution in [0.15, 0.2) is 29.3 Å². The smallest absolute Gasteiger partial charge is 0.303 e. The summed E-state index contributed by atoms with van der Waals surface area (Å²) in [6.07, 6.45) is 1.23. The maximum absolute atomic E-state index is 10.5. The van der Waals surface area contributed by atoms with Crippen molar-refractivity contribution in [1.82, 2.24) is 0 Å². The van der Waals surface area contributed by atoms with E-state index < -0.39 is 5.97 Å². The molecule has 5 nitrogen and oxygen atoms in total. The molecule has 1 unspecified atom stereocenters. The molecule has 0 fully saturated rings. The first-order chi connectivity index (χ1) is 9.17. The van der Waals surface area contributed by atoms with Crippen molar-refractivity contribution < 1.29 is 19.4 Å². The van der Waals surface area contributed by atoms with Crippen molar-refractivity contribution in [3.05, 3.63) is 29.8 Å². The Bertz CT molecular complexity index is 467. The molecule has 0 radical (unpaired) electrons. The van der Waals surface area contributed by atoms with Gasteiger partial charge in [-0.25, -0.2) is 4.99 Å². The molecule has 1 N–H and O–H groups in total. The highest BCUT2D eigenvalue weighted by Gasteiger charge is 2.19. The fourth-order valence-electron chi connectivity index (χ4n) is 1.96. The van der Waals surface area contributed by atoms with Crippen LogP contribution in [0.25, 0.3) is 0 Å². The van der Waals surface area contributed by atoms with Crippen LogP contribution in [-0.2, 0) is 16.0 Å². The Morgan fingerprint density at radius 1 is 1.47 bits per heavy atom. The largest absolute Gasteiger partial charge is 0.497 e. The monoisotopic (exact) mass is 263 g/mol. The van der Waals surface area contributed by atoms with Gasteiger partial charge in [0.25, 0.3) is 0 Å². The van der Waals surface area contributed by atoms with Gasteiger partial charge >= 0.3 is 5.97 Å². The van der Waals surface area contributed by atoms with Gasteiger partial charge < -0.3 is 14.6 Å². The molecule has 1 aliphatic rings. The number of nitrogens with zero attached hydrogens (tertiary/aromatic N) is 1. The second-order valence-electron chi connectivity index (χ2n) is 4.43. The lowest BCUT2D eigenvalue weighted by atomic mass is 10.1. The number of rotatable bonds is 6. The lowest BCUT2D eigenvalue weighted by molar-refractivity contribution is -0.136. The highest BCUT2D eigenvalue weighted by Crippen LogP contribution is 2.17. The number of carbonyl (C=O) groups is 1. The molecule has 0 aliphatic carbocycles. The van der Waals surface area contributed by atoms with E-state index in [0.29, 0.717) is 18.9 Å². The summed E-state index contributed by atoms with van der Waals surface area (Å²) in [6, 6.07) is 7.92. The second kappa shape index (κ2) is 6.22. The maximum Gasteiger partial charge on any atom is 0.303 e. The number of benzene rings is 1. The molecule has 1 aromatic rings. The fourth-order valence-corrected chi connectivity index (χ4v) is 1.96. The number of methoxy groups -OCH3 is 1. The standard InChI is InChI=1S/C14H17NO4/c1-18-12-4-2-10(3-5-12)8-11-9-19-13(15-11)6-7-14(16)17/h2-5,11H,6-9H2,1H3,(H,16,17). The van der Waals surface area contributed by atoms with Crippen molar-refractivity contribution in [3.8, 4) is 5.75 Å². The van der Waals surface area contributed by atoms with Crippen LogP contribution in [0.3, 0.4) is 0 Å². The molecule has 1 heterocycles. The Labute approximate surface area is 111 Å². The van der Waals surface area contributed by atoms with Gasteiger partial charge in [-0.15, -0.1) is 0 Å². The molecule has 0 amide bonds. The van der Waals surface area contributed by atoms with Gasteiger partial charge in [-0.1, -0.05) is 12.1 Å². The number of carboxylic acid groups (broad SMARTS) is 1. The quantitative estimate of drug-likeness (QED) is 0.851. The number of hydrogen-bond acceptors (Lipinski definition) is 4. The zero-order valence-electron chi connectivity index (χ0n) is 10.8. The minimum absolute atomic E-state index is 0.0636. The number of carboxylic acids is 1. The number of ether oxygens (including phenoxy) is 2. The van der Waals surface area contributed by atoms with Crippen LogP contribution in [0.1, 0.15) is 18.4 Å². The van der Waals surface area contributed by atoms with Gasteiger partial charge in [0.05, 0.1) is 19.6 Å². The highest BCUT2D eigenvalue weighted by atomic mass is 16.5. The SMILES string of the molecule is COc1ccc(CC2COC(CCC(=O)O)=N2)cc1. The van der Waals surface area contributed by atoms with Gasteiger partial charge in [0.2, 0.25) is 0 Å². The van der Waals surface area contributed by atoms with Gasteiger partial charge in [-0.3, -0.25) is 4.79 Å². The molecule has 102 valence electrons. The summed E-state index contributed by atoms with van der Waals surface area (Å²) >= 11 is 0. The van der Waals surface area contributed by atoms with Crippen LogP contribution < -0.4 is 4.74 Å². The third-order valence-corrected chi connectivity index (χ3v) is 2.95. The normalized spacial score (nSPS) is 17.7. The predicted molar refractivity (Wildman–Crippen MR) is 70.7 cm³/mol. The lowest BCUT2D eigenvalue weighted by Gasteiger charge is -2.06. The number of aliphatic imine (C=N–C) groups is 1. The second-order valence-corrected chi connectivity index (χ2v) is 4.43. The van der Waals surface area contributed by atoms with Crippen LogP contribution in [0.2, 0.25) is 0 Å². The predicted octanol–water partition coefficient (Wildman–Crippen LogP) is 1.90. The summed E-state index contributed by atoms with van der Waals surface area (Å²) in [6.45, 7) is 0.529. The van der Waals surface area contributed by atoms with Crippen molar-refractivity contribution in [2.45, 2.75) is 25.3 Å². The van der Waals surface area contributed by atoms with E-state index in [9.17, 15) is 4.79 Å². The minimum atomic E-state index is -0.829. The average molecular weight is 263 g/mol. The molecular weight excluding hydrogens is 246 g/mol. The Hall–Kier alpha value is -2.04. The maximum atomic E-state index is 10.5. The summed E-state index contributed by atoms with van der Waals surface area (Å²) in [5.74, 6) is 0.558. The van der Waals surface area contributed by atoms with Crippen LogP contribution in [0.5, 0.6) is 5.75 Å². The summed E-state index contributed by atoms with van der Waals surface area (Å²) in [4.78, 5) is 14.9. The Kier molecular flexibility index (Phi) is 4.39. The molecule has 2 rings (SSSR count). The van der Waals surface area contributed by atoms with Gasteiger partial charge in [-0.2, -0.15) is 0 Å². The van der Waals surface area contributed by atoms with Crippen molar-refractivity contribution >= 4 is 11.9 Å². The van der Waals surface area contributed by atoms with E-state index >= 15 is 0 Å². The van der Waals surface area contributed by atoms with Crippen LogP contribution in [0.4, 0.5) is 0 Å². The van der Waals surface area contributed by atoms with E-state index in [1.54, 1.807) is 7.11 Å². The molecule has 1 atom stereocenters. The zero-order chi connectivity index (χ0) is 13.7. The first-order valence-electron chi connectivity index (χ1n) is 6.21. The molecule has 0 aromatic heterocycles. The third-order valence-electron chi connectivity index (χ3n) is 2.95. The first kappa shape index (κ1) is 13.4. The number of aliphatic carboxylic acids is 1. The van der Waals surface area contributed by atoms with E-state index in [1.807, 2.05) is 24.3 Å². The van der Waals surface area contributed by atoms with E-state index in [-0.39, 0.29) is 12.5 Å². The lowest BCUT2D eigenvalue weighted by Crippen LogP contribution is -2.09. The Balaban J connectivity index is 1.87.